The number of quaternary nitrogens is 1. The van der Waals surface area contributed by atoms with Crippen LogP contribution in [0.4, 0.5) is 15.8 Å². The molecule has 2 atom stereocenters. The Hall–Kier alpha value is -2.44. The van der Waals surface area contributed by atoms with Gasteiger partial charge in [0, 0.05) is 5.69 Å². The third-order valence-corrected chi connectivity index (χ3v) is 4.41. The number of amides is 2. The Labute approximate surface area is 157 Å². The van der Waals surface area contributed by atoms with Crippen LogP contribution in [0.25, 0.3) is 0 Å². The fourth-order valence-electron chi connectivity index (χ4n) is 2.30. The van der Waals surface area contributed by atoms with Crippen molar-refractivity contribution in [1.82, 2.24) is 0 Å². The Bertz CT molecular complexity index is 796. The molecule has 2 rings (SSSR count). The third kappa shape index (κ3) is 5.54. The van der Waals surface area contributed by atoms with Gasteiger partial charge in [0.2, 0.25) is 0 Å². The van der Waals surface area contributed by atoms with Gasteiger partial charge in [-0.15, -0.1) is 0 Å². The molecule has 5 nitrogen and oxygen atoms in total. The first kappa shape index (κ1) is 19.9. The van der Waals surface area contributed by atoms with E-state index in [1.807, 2.05) is 31.2 Å². The molecule has 138 valence electrons. The van der Waals surface area contributed by atoms with E-state index in [0.717, 1.165) is 11.6 Å². The highest BCUT2D eigenvalue weighted by Gasteiger charge is 2.24. The molecule has 0 spiro atoms. The first-order chi connectivity index (χ1) is 12.3. The van der Waals surface area contributed by atoms with Crippen LogP contribution in [0.5, 0.6) is 0 Å². The van der Waals surface area contributed by atoms with Crippen LogP contribution in [0, 0.1) is 12.7 Å². The van der Waals surface area contributed by atoms with Gasteiger partial charge in [0.05, 0.1) is 17.8 Å². The van der Waals surface area contributed by atoms with Gasteiger partial charge in [-0.1, -0.05) is 29.3 Å². The third-order valence-electron chi connectivity index (χ3n) is 4.10. The highest BCUT2D eigenvalue weighted by Crippen LogP contribution is 2.22. The Morgan fingerprint density at radius 2 is 1.81 bits per heavy atom. The molecule has 2 aromatic rings. The van der Waals surface area contributed by atoms with Crippen LogP contribution in [0.2, 0.25) is 5.02 Å². The highest BCUT2D eigenvalue weighted by atomic mass is 35.5. The van der Waals surface area contributed by atoms with Crippen molar-refractivity contribution < 1.29 is 18.9 Å². The molecule has 0 heterocycles. The van der Waals surface area contributed by atoms with Crippen molar-refractivity contribution in [3.63, 3.8) is 0 Å². The molecule has 0 bridgehead atoms. The summed E-state index contributed by atoms with van der Waals surface area (Å²) in [5.74, 6) is -0.971. The van der Waals surface area contributed by atoms with Crippen molar-refractivity contribution in [3.05, 3.63) is 58.9 Å². The topological polar surface area (TPSA) is 62.6 Å². The second kappa shape index (κ2) is 8.78. The van der Waals surface area contributed by atoms with Gasteiger partial charge in [0.15, 0.2) is 12.6 Å². The molecule has 0 fully saturated rings. The van der Waals surface area contributed by atoms with E-state index >= 15 is 0 Å². The number of hydrogen-bond donors (Lipinski definition) is 3. The van der Waals surface area contributed by atoms with Crippen molar-refractivity contribution in [2.75, 3.05) is 24.2 Å². The monoisotopic (exact) mass is 378 g/mol. The van der Waals surface area contributed by atoms with Gasteiger partial charge in [0.1, 0.15) is 5.82 Å². The molecular formula is C19H22ClFN3O2+. The molecule has 0 radical (unpaired) electrons. The van der Waals surface area contributed by atoms with Crippen molar-refractivity contribution in [3.8, 4) is 0 Å². The van der Waals surface area contributed by atoms with Crippen LogP contribution in [-0.2, 0) is 9.59 Å². The van der Waals surface area contributed by atoms with Gasteiger partial charge < -0.3 is 15.5 Å². The zero-order chi connectivity index (χ0) is 19.3. The first-order valence-corrected chi connectivity index (χ1v) is 8.59. The number of benzene rings is 2. The number of rotatable bonds is 6. The average molecular weight is 379 g/mol. The summed E-state index contributed by atoms with van der Waals surface area (Å²) in [6.45, 7) is 3.80. The lowest BCUT2D eigenvalue weighted by Crippen LogP contribution is -3.14. The van der Waals surface area contributed by atoms with Gasteiger partial charge in [0.25, 0.3) is 11.8 Å². The second-order valence-corrected chi connectivity index (χ2v) is 6.68. The molecule has 1 unspecified atom stereocenters. The van der Waals surface area contributed by atoms with Crippen molar-refractivity contribution in [1.29, 1.82) is 0 Å². The molecule has 3 N–H and O–H groups in total. The number of aryl methyl sites for hydroxylation is 1. The quantitative estimate of drug-likeness (QED) is 0.722. The zero-order valence-electron chi connectivity index (χ0n) is 14.9. The van der Waals surface area contributed by atoms with Gasteiger partial charge in [-0.2, -0.15) is 0 Å². The fraction of sp³-hybridized carbons (Fsp3) is 0.263. The second-order valence-electron chi connectivity index (χ2n) is 6.27. The Kier molecular flexibility index (Phi) is 6.71. The van der Waals surface area contributed by atoms with Crippen molar-refractivity contribution in [2.45, 2.75) is 19.9 Å². The van der Waals surface area contributed by atoms with Crippen LogP contribution < -0.4 is 15.5 Å². The summed E-state index contributed by atoms with van der Waals surface area (Å²) in [4.78, 5) is 25.2. The summed E-state index contributed by atoms with van der Waals surface area (Å²) in [7, 11) is 1.76. The summed E-state index contributed by atoms with van der Waals surface area (Å²) in [5, 5.41) is 5.59. The molecule has 0 aliphatic heterocycles. The van der Waals surface area contributed by atoms with Crippen LogP contribution in [0.3, 0.4) is 0 Å². The van der Waals surface area contributed by atoms with Crippen LogP contribution in [-0.4, -0.2) is 31.4 Å². The summed E-state index contributed by atoms with van der Waals surface area (Å²) < 4.78 is 13.1. The van der Waals surface area contributed by atoms with Gasteiger partial charge in [-0.3, -0.25) is 9.59 Å². The van der Waals surface area contributed by atoms with Crippen LogP contribution >= 0.6 is 11.6 Å². The highest BCUT2D eigenvalue weighted by molar-refractivity contribution is 6.33. The molecule has 0 aromatic heterocycles. The normalized spacial score (nSPS) is 13.0. The largest absolute Gasteiger partial charge is 0.321 e. The minimum Gasteiger partial charge on any atom is -0.321 e. The minimum absolute atomic E-state index is 0.125. The predicted octanol–water partition coefficient (Wildman–Crippen LogP) is 2.27. The number of hydrogen-bond acceptors (Lipinski definition) is 2. The van der Waals surface area contributed by atoms with E-state index in [9.17, 15) is 14.0 Å². The van der Waals surface area contributed by atoms with Crippen LogP contribution in [0.1, 0.15) is 12.5 Å². The van der Waals surface area contributed by atoms with Gasteiger partial charge in [-0.25, -0.2) is 4.39 Å². The lowest BCUT2D eigenvalue weighted by atomic mass is 10.2. The van der Waals surface area contributed by atoms with Gasteiger partial charge in [-0.05, 0) is 44.2 Å². The zero-order valence-corrected chi connectivity index (χ0v) is 15.7. The Morgan fingerprint density at radius 1 is 1.15 bits per heavy atom. The molecule has 0 saturated heterocycles. The maximum absolute atomic E-state index is 13.1. The lowest BCUT2D eigenvalue weighted by Gasteiger charge is -2.21. The maximum atomic E-state index is 13.1. The molecule has 0 aliphatic rings. The SMILES string of the molecule is Cc1ccc(NC(=O)C[NH+](C)[C@@H](C)C(=O)Nc2ccc(F)cc2Cl)cc1. The van der Waals surface area contributed by atoms with Crippen molar-refractivity contribution >= 4 is 34.8 Å². The number of anilines is 2. The van der Waals surface area contributed by atoms with E-state index in [2.05, 4.69) is 10.6 Å². The number of likely N-dealkylation sites (N-methyl/N-ethyl adjacent to an activating group) is 1. The van der Waals surface area contributed by atoms with Gasteiger partial charge >= 0.3 is 0 Å². The van der Waals surface area contributed by atoms with E-state index in [-0.39, 0.29) is 23.4 Å². The maximum Gasteiger partial charge on any atom is 0.282 e. The number of carbonyl (C=O) groups is 2. The van der Waals surface area contributed by atoms with E-state index in [1.54, 1.807) is 14.0 Å². The van der Waals surface area contributed by atoms with E-state index in [4.69, 9.17) is 11.6 Å². The standard InChI is InChI=1S/C19H21ClFN3O2/c1-12-4-7-15(8-5-12)22-18(25)11-24(3)13(2)19(26)23-17-9-6-14(21)10-16(17)20/h4-10,13H,11H2,1-3H3,(H,22,25)(H,23,26)/p+1/t13-/m0/s1. The minimum atomic E-state index is -0.500. The number of halogens is 2. The molecule has 2 aromatic carbocycles. The van der Waals surface area contributed by atoms with E-state index < -0.39 is 11.9 Å². The molecule has 0 aliphatic carbocycles. The predicted molar refractivity (Wildman–Crippen MR) is 101 cm³/mol. The molecule has 0 saturated carbocycles. The molecular weight excluding hydrogens is 357 g/mol. The Morgan fingerprint density at radius 3 is 2.42 bits per heavy atom. The summed E-state index contributed by atoms with van der Waals surface area (Å²) >= 11 is 5.92. The number of nitrogens with one attached hydrogen (secondary N) is 3. The summed E-state index contributed by atoms with van der Waals surface area (Å²) in [6.07, 6.45) is 0. The van der Waals surface area contributed by atoms with E-state index in [0.29, 0.717) is 16.3 Å². The lowest BCUT2D eigenvalue weighted by molar-refractivity contribution is -0.885. The van der Waals surface area contributed by atoms with Crippen molar-refractivity contribution in [2.24, 2.45) is 0 Å². The summed E-state index contributed by atoms with van der Waals surface area (Å²) in [5.41, 5.74) is 2.15. The Balaban J connectivity index is 1.90. The van der Waals surface area contributed by atoms with Crippen LogP contribution in [0.15, 0.2) is 42.5 Å². The molecule has 26 heavy (non-hydrogen) atoms. The summed E-state index contributed by atoms with van der Waals surface area (Å²) in [6, 6.07) is 10.7. The average Bonchev–Trinajstić information content (AvgIpc) is 2.58. The first-order valence-electron chi connectivity index (χ1n) is 8.21. The molecule has 7 heteroatoms. The smallest absolute Gasteiger partial charge is 0.282 e. The van der Waals surface area contributed by atoms with E-state index in [1.165, 1.54) is 12.1 Å². The molecule has 2 amide bonds. The number of carbonyl (C=O) groups excluding carboxylic acids is 2. The fourth-order valence-corrected chi connectivity index (χ4v) is 2.52.